The highest BCUT2D eigenvalue weighted by Crippen LogP contribution is 2.39. The fourth-order valence-electron chi connectivity index (χ4n) is 12.7. The Balaban J connectivity index is 1.30. The largest absolute Gasteiger partial charge is 0.509 e. The molecule has 1 N–H and O–H groups in total. The van der Waals surface area contributed by atoms with Gasteiger partial charge < -0.3 is 71.6 Å². The van der Waals surface area contributed by atoms with Crippen molar-refractivity contribution < 1.29 is 100 Å². The van der Waals surface area contributed by atoms with Crippen LogP contribution < -0.4 is 0 Å². The first-order chi connectivity index (χ1) is 41.1. The van der Waals surface area contributed by atoms with E-state index in [-0.39, 0.29) is 75.6 Å². The van der Waals surface area contributed by atoms with Gasteiger partial charge in [-0.3, -0.25) is 19.2 Å². The fourth-order valence-corrected chi connectivity index (χ4v) is 12.7. The van der Waals surface area contributed by atoms with Gasteiger partial charge in [0, 0.05) is 58.5 Å². The van der Waals surface area contributed by atoms with E-state index in [4.69, 9.17) is 61.6 Å². The summed E-state index contributed by atoms with van der Waals surface area (Å²) in [5.41, 5.74) is 1.15. The van der Waals surface area contributed by atoms with E-state index in [9.17, 15) is 38.7 Å². The fraction of sp³-hybridized carbons (Fsp3) is 0.769. The second kappa shape index (κ2) is 32.2. The molecule has 4 unspecified atom stereocenters. The number of fused-ring (bicyclic) bond motifs is 3. The van der Waals surface area contributed by atoms with Crippen molar-refractivity contribution in [2.75, 3.05) is 54.3 Å². The van der Waals surface area contributed by atoms with Crippen LogP contribution in [-0.4, -0.2) is 184 Å². The summed E-state index contributed by atoms with van der Waals surface area (Å²) >= 11 is 0. The number of Topliss-reactive ketones (excluding diaryl/α,β-unsaturated/α-hetero) is 3. The molecule has 22 heteroatoms. The number of nitrogens with zero attached hydrogens (tertiary/aromatic N) is 1. The number of ketones is 3. The molecule has 1 saturated carbocycles. The predicted octanol–water partition coefficient (Wildman–Crippen LogP) is 8.81. The van der Waals surface area contributed by atoms with E-state index in [1.165, 1.54) is 14.2 Å². The maximum absolute atomic E-state index is 14.8. The van der Waals surface area contributed by atoms with E-state index >= 15 is 0 Å². The highest BCUT2D eigenvalue weighted by molar-refractivity contribution is 6.39. The van der Waals surface area contributed by atoms with E-state index < -0.39 is 132 Å². The van der Waals surface area contributed by atoms with Crippen molar-refractivity contribution in [1.82, 2.24) is 4.90 Å². The smallest absolute Gasteiger partial charge is 0.460 e. The topological polar surface area (TPSA) is 263 Å². The molecule has 17 atom stereocenters. The van der Waals surface area contributed by atoms with Crippen molar-refractivity contribution in [3.8, 4) is 0 Å². The molecule has 87 heavy (non-hydrogen) atoms. The molecule has 22 nitrogen and oxygen atoms in total. The lowest BCUT2D eigenvalue weighted by Crippen LogP contribution is -2.61. The number of carbonyl (C=O) groups is 7. The number of cyclic esters (lactones) is 1. The Kier molecular flexibility index (Phi) is 26.3. The first-order valence-electron chi connectivity index (χ1n) is 31.2. The van der Waals surface area contributed by atoms with Crippen LogP contribution in [0.5, 0.6) is 0 Å². The SMILES string of the molecule is CO[C@H]1CC2CC[C@@H](C)[C@@](O)(O2)C(=O)C(=O)N2CCCCC2C(=O)O[C@H]([C@H](C)C[C@@H]2CC[C@@H](OC(=O)OCC3COC(C)(C)O3)[C@H](OC)C2)CC(=O)[C@H](C)/C=C(\C)[C@@H](OC(=O)OCC2COC(C)(C)O2)[C@@H](OC)C(=O)[C@H](C)C[C@H](C)/C=C/C=CC=C1C. The van der Waals surface area contributed by atoms with Crippen LogP contribution in [0.1, 0.15) is 153 Å². The maximum atomic E-state index is 14.8. The second-order valence-electron chi connectivity index (χ2n) is 25.8. The summed E-state index contributed by atoms with van der Waals surface area (Å²) in [5.74, 6) is -10.9. The van der Waals surface area contributed by atoms with Crippen molar-refractivity contribution >= 4 is 41.5 Å². The third-order valence-electron chi connectivity index (χ3n) is 17.8. The van der Waals surface area contributed by atoms with Crippen LogP contribution in [0, 0.1) is 35.5 Å². The summed E-state index contributed by atoms with van der Waals surface area (Å²) in [6, 6.07) is -1.24. The molecule has 0 radical (unpaired) electrons. The summed E-state index contributed by atoms with van der Waals surface area (Å²) in [7, 11) is 4.44. The molecule has 0 aromatic carbocycles. The number of ether oxygens (including phenoxy) is 13. The Hall–Kier alpha value is -4.91. The maximum Gasteiger partial charge on any atom is 0.509 e. The molecule has 0 aromatic rings. The number of aliphatic hydroxyl groups is 1. The number of hydrogen-bond donors (Lipinski definition) is 1. The van der Waals surface area contributed by atoms with E-state index in [1.54, 1.807) is 68.6 Å². The van der Waals surface area contributed by atoms with Crippen LogP contribution in [-0.2, 0) is 85.6 Å². The molecule has 4 saturated heterocycles. The Bertz CT molecular complexity index is 2490. The van der Waals surface area contributed by atoms with Gasteiger partial charge in [0.1, 0.15) is 49.5 Å². The molecular weight excluding hydrogens is 1130 g/mol. The molecule has 0 aromatic heterocycles. The standard InChI is InChI=1S/C65H99NO21/c1-38-20-16-15-17-21-39(2)52(75-12)32-46-25-23-44(7)65(74,87-46)58(69)59(70)66-27-19-18-22-49(66)60(71)82-53(41(4)30-45-24-26-51(54(31-45)76-13)83-61(72)78-34-47-36-80-63(8,9)85-47)33-50(67)40(3)29-43(6)56(57(77-14)55(68)42(5)28-38)84-62(73)79-35-48-37-81-64(10,11)86-48/h15-17,20-21,29,38,40-42,44-49,51-54,56-57,74H,18-19,22-28,30-37H2,1-14H3/b17-15?,20-16+,39-21?,43-29+/t38-,40-,41-,42-,44-,45+,46?,47?,48?,49?,51-,52+,53+,54-,56-,57+,65-/m1/s1. The Morgan fingerprint density at radius 2 is 1.38 bits per heavy atom. The van der Waals surface area contributed by atoms with Gasteiger partial charge in [0.2, 0.25) is 5.79 Å². The van der Waals surface area contributed by atoms with Crippen molar-refractivity contribution in [3.05, 3.63) is 47.6 Å². The lowest BCUT2D eigenvalue weighted by atomic mass is 9.78. The van der Waals surface area contributed by atoms with Crippen LogP contribution in [0.2, 0.25) is 0 Å². The first-order valence-corrected chi connectivity index (χ1v) is 31.2. The minimum absolute atomic E-state index is 0.0234. The van der Waals surface area contributed by atoms with Crippen molar-refractivity contribution in [3.63, 3.8) is 0 Å². The molecule has 5 fully saturated rings. The van der Waals surface area contributed by atoms with Gasteiger partial charge in [0.25, 0.3) is 11.7 Å². The Morgan fingerprint density at radius 3 is 1.99 bits per heavy atom. The van der Waals surface area contributed by atoms with Gasteiger partial charge in [-0.15, -0.1) is 0 Å². The normalized spacial score (nSPS) is 36.7. The minimum Gasteiger partial charge on any atom is -0.460 e. The summed E-state index contributed by atoms with van der Waals surface area (Å²) in [6.45, 7) is 19.7. The van der Waals surface area contributed by atoms with Gasteiger partial charge in [-0.1, -0.05) is 71.1 Å². The molecule has 5 aliphatic heterocycles. The molecule has 6 aliphatic rings. The van der Waals surface area contributed by atoms with E-state index in [1.807, 2.05) is 51.2 Å². The summed E-state index contributed by atoms with van der Waals surface area (Å²) < 4.78 is 75.7. The average Bonchev–Trinajstić information content (AvgIpc) is 1.70. The Morgan fingerprint density at radius 1 is 0.724 bits per heavy atom. The quantitative estimate of drug-likeness (QED) is 0.0828. The average molecular weight is 1230 g/mol. The summed E-state index contributed by atoms with van der Waals surface area (Å²) in [6.07, 6.45) is 6.27. The van der Waals surface area contributed by atoms with E-state index in [2.05, 4.69) is 0 Å². The van der Waals surface area contributed by atoms with Crippen LogP contribution >= 0.6 is 0 Å². The van der Waals surface area contributed by atoms with Gasteiger partial charge in [-0.25, -0.2) is 14.4 Å². The van der Waals surface area contributed by atoms with Crippen LogP contribution in [0.25, 0.3) is 0 Å². The predicted molar refractivity (Wildman–Crippen MR) is 315 cm³/mol. The molecule has 490 valence electrons. The number of rotatable bonds is 12. The van der Waals surface area contributed by atoms with Crippen LogP contribution in [0.15, 0.2) is 47.6 Å². The highest BCUT2D eigenvalue weighted by atomic mass is 16.8. The zero-order chi connectivity index (χ0) is 64.0. The van der Waals surface area contributed by atoms with Gasteiger partial charge >= 0.3 is 18.3 Å². The van der Waals surface area contributed by atoms with E-state index in [0.717, 1.165) is 10.5 Å². The van der Waals surface area contributed by atoms with Crippen LogP contribution in [0.3, 0.4) is 0 Å². The van der Waals surface area contributed by atoms with Crippen LogP contribution in [0.4, 0.5) is 9.59 Å². The molecule has 5 heterocycles. The molecule has 0 spiro atoms. The number of allylic oxidation sites excluding steroid dienone is 6. The molecule has 2 bridgehead atoms. The monoisotopic (exact) mass is 1230 g/mol. The van der Waals surface area contributed by atoms with Gasteiger partial charge in [-0.05, 0) is 135 Å². The number of amides is 1. The Labute approximate surface area is 513 Å². The highest BCUT2D eigenvalue weighted by Gasteiger charge is 2.53. The van der Waals surface area contributed by atoms with Crippen molar-refractivity contribution in [1.29, 1.82) is 0 Å². The van der Waals surface area contributed by atoms with E-state index in [0.29, 0.717) is 63.4 Å². The number of methoxy groups -OCH3 is 3. The summed E-state index contributed by atoms with van der Waals surface area (Å²) in [4.78, 5) is 101. The van der Waals surface area contributed by atoms with Gasteiger partial charge in [0.05, 0.1) is 31.5 Å². The third-order valence-corrected chi connectivity index (χ3v) is 17.8. The third kappa shape index (κ3) is 20.0. The van der Waals surface area contributed by atoms with Gasteiger partial charge in [0.15, 0.2) is 29.6 Å². The zero-order valence-corrected chi connectivity index (χ0v) is 53.8. The second-order valence-corrected chi connectivity index (χ2v) is 25.8. The zero-order valence-electron chi connectivity index (χ0n) is 53.8. The van der Waals surface area contributed by atoms with Crippen molar-refractivity contribution in [2.24, 2.45) is 35.5 Å². The molecule has 1 amide bonds. The van der Waals surface area contributed by atoms with Gasteiger partial charge in [-0.2, -0.15) is 0 Å². The summed E-state index contributed by atoms with van der Waals surface area (Å²) in [5, 5.41) is 12.1. The number of carbonyl (C=O) groups excluding carboxylic acids is 7. The molecular formula is C65H99NO21. The lowest BCUT2D eigenvalue weighted by Gasteiger charge is -2.42. The lowest BCUT2D eigenvalue weighted by molar-refractivity contribution is -0.265. The first kappa shape index (κ1) is 71.2. The minimum atomic E-state index is -2.50. The number of hydrogen-bond acceptors (Lipinski definition) is 21. The molecule has 1 aliphatic carbocycles. The number of esters is 1. The number of piperidine rings is 1. The van der Waals surface area contributed by atoms with Crippen molar-refractivity contribution in [2.45, 2.75) is 232 Å². The molecule has 6 rings (SSSR count).